The van der Waals surface area contributed by atoms with E-state index in [1.807, 2.05) is 44.4 Å². The zero-order valence-corrected chi connectivity index (χ0v) is 10.1. The molecule has 0 N–H and O–H groups in total. The molecule has 0 saturated carbocycles. The summed E-state index contributed by atoms with van der Waals surface area (Å²) in [6, 6.07) is 7.93. The van der Waals surface area contributed by atoms with Crippen LogP contribution in [0.25, 0.3) is 0 Å². The van der Waals surface area contributed by atoms with Crippen LogP contribution in [0.1, 0.15) is 25.3 Å². The average molecular weight is 224 g/mol. The number of ether oxygens (including phenoxy) is 1. The highest BCUT2D eigenvalue weighted by atomic mass is 32.2. The van der Waals surface area contributed by atoms with Gasteiger partial charge in [-0.25, -0.2) is 0 Å². The Morgan fingerprint density at radius 3 is 2.73 bits per heavy atom. The van der Waals surface area contributed by atoms with E-state index in [0.717, 1.165) is 10.5 Å². The van der Waals surface area contributed by atoms with Gasteiger partial charge in [-0.2, -0.15) is 0 Å². The van der Waals surface area contributed by atoms with Crippen LogP contribution < -0.4 is 0 Å². The van der Waals surface area contributed by atoms with Crippen molar-refractivity contribution < 1.29 is 9.53 Å². The van der Waals surface area contributed by atoms with Gasteiger partial charge in [0.25, 0.3) is 0 Å². The van der Waals surface area contributed by atoms with E-state index in [-0.39, 0.29) is 11.9 Å². The monoisotopic (exact) mass is 224 g/mol. The maximum absolute atomic E-state index is 11.6. The number of esters is 1. The summed E-state index contributed by atoms with van der Waals surface area (Å²) < 4.78 is 5.01. The molecule has 15 heavy (non-hydrogen) atoms. The molecule has 82 valence electrons. The lowest BCUT2D eigenvalue weighted by Gasteiger charge is -2.13. The van der Waals surface area contributed by atoms with E-state index in [1.165, 1.54) is 0 Å². The molecule has 0 aliphatic rings. The van der Waals surface area contributed by atoms with Crippen LogP contribution in [-0.2, 0) is 9.53 Å². The predicted molar refractivity (Wildman–Crippen MR) is 63.3 cm³/mol. The van der Waals surface area contributed by atoms with Gasteiger partial charge in [-0.05, 0) is 31.7 Å². The maximum Gasteiger partial charge on any atom is 0.313 e. The van der Waals surface area contributed by atoms with E-state index >= 15 is 0 Å². The Labute approximate surface area is 95.0 Å². The van der Waals surface area contributed by atoms with Crippen molar-refractivity contribution in [1.82, 2.24) is 0 Å². The number of hydrogen-bond acceptors (Lipinski definition) is 3. The summed E-state index contributed by atoms with van der Waals surface area (Å²) in [6.07, 6.45) is 2.01. The van der Waals surface area contributed by atoms with Gasteiger partial charge >= 0.3 is 5.97 Å². The molecule has 1 unspecified atom stereocenters. The Balaban J connectivity index is 2.89. The Kier molecular flexibility index (Phi) is 4.69. The van der Waals surface area contributed by atoms with Gasteiger partial charge in [0.05, 0.1) is 12.5 Å². The van der Waals surface area contributed by atoms with E-state index in [2.05, 4.69) is 0 Å². The van der Waals surface area contributed by atoms with Gasteiger partial charge < -0.3 is 4.74 Å². The van der Waals surface area contributed by atoms with Crippen LogP contribution in [0.3, 0.4) is 0 Å². The van der Waals surface area contributed by atoms with Gasteiger partial charge in [-0.1, -0.05) is 18.2 Å². The molecule has 1 atom stereocenters. The number of hydrogen-bond donors (Lipinski definition) is 0. The lowest BCUT2D eigenvalue weighted by atomic mass is 10.0. The quantitative estimate of drug-likeness (QED) is 0.581. The fourth-order valence-corrected chi connectivity index (χ4v) is 2.11. The molecule has 0 amide bonds. The second kappa shape index (κ2) is 5.81. The van der Waals surface area contributed by atoms with Gasteiger partial charge in [-0.3, -0.25) is 4.79 Å². The number of carbonyl (C=O) groups excluding carboxylic acids is 1. The second-order valence-corrected chi connectivity index (χ2v) is 4.06. The average Bonchev–Trinajstić information content (AvgIpc) is 2.28. The van der Waals surface area contributed by atoms with Gasteiger partial charge in [0.2, 0.25) is 0 Å². The normalized spacial score (nSPS) is 12.2. The van der Waals surface area contributed by atoms with Gasteiger partial charge in [0, 0.05) is 4.90 Å². The standard InChI is InChI=1S/C12H16O2S/c1-4-14-12(13)9(2)10-7-5-6-8-11(10)15-3/h5-9H,4H2,1-3H3. The minimum atomic E-state index is -0.186. The predicted octanol–water partition coefficient (Wildman–Crippen LogP) is 3.08. The Morgan fingerprint density at radius 1 is 1.47 bits per heavy atom. The largest absolute Gasteiger partial charge is 0.466 e. The number of thioether (sulfide) groups is 1. The first kappa shape index (κ1) is 12.1. The third kappa shape index (κ3) is 2.99. The summed E-state index contributed by atoms with van der Waals surface area (Å²) in [5, 5.41) is 0. The Hall–Kier alpha value is -0.960. The first-order valence-electron chi connectivity index (χ1n) is 5.00. The van der Waals surface area contributed by atoms with E-state index in [0.29, 0.717) is 6.61 Å². The highest BCUT2D eigenvalue weighted by Crippen LogP contribution is 2.27. The fraction of sp³-hybridized carbons (Fsp3) is 0.417. The van der Waals surface area contributed by atoms with Crippen molar-refractivity contribution in [2.45, 2.75) is 24.7 Å². The van der Waals surface area contributed by atoms with Crippen LogP contribution in [0.2, 0.25) is 0 Å². The molecule has 0 aromatic heterocycles. The van der Waals surface area contributed by atoms with Crippen LogP contribution >= 0.6 is 11.8 Å². The highest BCUT2D eigenvalue weighted by molar-refractivity contribution is 7.98. The summed E-state index contributed by atoms with van der Waals surface area (Å²) in [5.41, 5.74) is 1.04. The van der Waals surface area contributed by atoms with Gasteiger partial charge in [-0.15, -0.1) is 11.8 Å². The summed E-state index contributed by atoms with van der Waals surface area (Å²) in [4.78, 5) is 12.7. The van der Waals surface area contributed by atoms with E-state index in [1.54, 1.807) is 11.8 Å². The van der Waals surface area contributed by atoms with Gasteiger partial charge in [0.1, 0.15) is 0 Å². The summed E-state index contributed by atoms with van der Waals surface area (Å²) >= 11 is 1.65. The zero-order chi connectivity index (χ0) is 11.3. The van der Waals surface area contributed by atoms with E-state index in [4.69, 9.17) is 4.74 Å². The lowest BCUT2D eigenvalue weighted by molar-refractivity contribution is -0.144. The van der Waals surface area contributed by atoms with E-state index in [9.17, 15) is 4.79 Å². The van der Waals surface area contributed by atoms with Crippen molar-refractivity contribution in [3.05, 3.63) is 29.8 Å². The minimum absolute atomic E-state index is 0.154. The summed E-state index contributed by atoms with van der Waals surface area (Å²) in [6.45, 7) is 4.14. The molecule has 1 aromatic carbocycles. The van der Waals surface area contributed by atoms with Crippen molar-refractivity contribution in [1.29, 1.82) is 0 Å². The molecule has 0 heterocycles. The Morgan fingerprint density at radius 2 is 2.13 bits per heavy atom. The molecule has 3 heteroatoms. The smallest absolute Gasteiger partial charge is 0.313 e. The molecule has 0 saturated heterocycles. The van der Waals surface area contributed by atoms with Crippen molar-refractivity contribution in [2.75, 3.05) is 12.9 Å². The molecule has 0 aliphatic heterocycles. The van der Waals surface area contributed by atoms with Crippen LogP contribution in [0.15, 0.2) is 29.2 Å². The molecular formula is C12H16O2S. The van der Waals surface area contributed by atoms with Crippen molar-refractivity contribution >= 4 is 17.7 Å². The summed E-state index contributed by atoms with van der Waals surface area (Å²) in [5.74, 6) is -0.340. The van der Waals surface area contributed by atoms with Gasteiger partial charge in [0.15, 0.2) is 0 Å². The highest BCUT2D eigenvalue weighted by Gasteiger charge is 2.18. The Bertz CT molecular complexity index is 336. The van der Waals surface area contributed by atoms with Crippen molar-refractivity contribution in [3.8, 4) is 0 Å². The van der Waals surface area contributed by atoms with Crippen LogP contribution in [0, 0.1) is 0 Å². The summed E-state index contributed by atoms with van der Waals surface area (Å²) in [7, 11) is 0. The topological polar surface area (TPSA) is 26.3 Å². The maximum atomic E-state index is 11.6. The molecule has 2 nitrogen and oxygen atoms in total. The second-order valence-electron chi connectivity index (χ2n) is 3.22. The first-order chi connectivity index (χ1) is 7.20. The molecule has 0 aliphatic carbocycles. The van der Waals surface area contributed by atoms with Crippen LogP contribution in [-0.4, -0.2) is 18.8 Å². The van der Waals surface area contributed by atoms with Crippen LogP contribution in [0.5, 0.6) is 0 Å². The molecule has 1 aromatic rings. The number of rotatable bonds is 4. The fourth-order valence-electron chi connectivity index (χ4n) is 1.42. The van der Waals surface area contributed by atoms with Crippen molar-refractivity contribution in [3.63, 3.8) is 0 Å². The zero-order valence-electron chi connectivity index (χ0n) is 9.32. The minimum Gasteiger partial charge on any atom is -0.466 e. The molecular weight excluding hydrogens is 208 g/mol. The number of benzene rings is 1. The SMILES string of the molecule is CCOC(=O)C(C)c1ccccc1SC. The third-order valence-electron chi connectivity index (χ3n) is 2.25. The molecule has 0 bridgehead atoms. The lowest BCUT2D eigenvalue weighted by Crippen LogP contribution is -2.13. The molecule has 0 radical (unpaired) electrons. The number of carbonyl (C=O) groups is 1. The van der Waals surface area contributed by atoms with Crippen LogP contribution in [0.4, 0.5) is 0 Å². The van der Waals surface area contributed by atoms with E-state index < -0.39 is 0 Å². The molecule has 0 spiro atoms. The molecule has 0 fully saturated rings. The molecule has 1 rings (SSSR count). The van der Waals surface area contributed by atoms with Crippen molar-refractivity contribution in [2.24, 2.45) is 0 Å². The first-order valence-corrected chi connectivity index (χ1v) is 6.22. The third-order valence-corrected chi connectivity index (χ3v) is 3.06.